The van der Waals surface area contributed by atoms with Crippen molar-refractivity contribution in [3.8, 4) is 66.8 Å². The van der Waals surface area contributed by atoms with Gasteiger partial charge < -0.3 is 13.2 Å². The van der Waals surface area contributed by atoms with Crippen LogP contribution >= 0.6 is 0 Å². The summed E-state index contributed by atoms with van der Waals surface area (Å²) >= 11 is 0. The van der Waals surface area contributed by atoms with Crippen molar-refractivity contribution < 1.29 is 0 Å². The van der Waals surface area contributed by atoms with E-state index in [1.165, 1.54) is 33.8 Å². The summed E-state index contributed by atoms with van der Waals surface area (Å²) in [6, 6.07) is 56.1. The van der Waals surface area contributed by atoms with Crippen molar-refractivity contribution in [3.63, 3.8) is 0 Å². The van der Waals surface area contributed by atoms with Gasteiger partial charge in [0.15, 0.2) is 0 Å². The van der Waals surface area contributed by atoms with Gasteiger partial charge in [-0.2, -0.15) is 15.0 Å². The van der Waals surface area contributed by atoms with Crippen molar-refractivity contribution in [1.29, 1.82) is 0 Å². The molecule has 13 aromatic rings. The fraction of sp³-hybridized carbons (Fsp3) is 0.259. The number of nitrogens with zero attached hydrogens (tertiary/aromatic N) is 6. The predicted molar refractivity (Wildman–Crippen MR) is 369 cm³/mol. The Kier molecular flexibility index (Phi) is 11.6. The van der Waals surface area contributed by atoms with Crippen molar-refractivity contribution in [3.05, 3.63) is 247 Å². The largest absolute Gasteiger partial charge is 0.303 e. The highest BCUT2D eigenvalue weighted by Gasteiger charge is 2.48. The molecule has 6 aromatic heterocycles. The third-order valence-electron chi connectivity index (χ3n) is 20.6. The standard InChI is InChI=1S/C81H72N6O3/c1-76(2)43-79(7,8)67-64(76)55-31-19-22-34-58(55)70-82-73(88)61(40-85(67)70)52-28-16-13-25-49(52)46-37-47(50-26-14-17-29-53(50)62-41-86-68-65(77(3,4)44-80(68,9)10)56-32-20-23-35-59(56)71(86)83-74(62)89)39-48(38-46)51-27-15-18-30-54(51)63-42-87-69-66(78(5,6)45-81(69,11)12)57-33-21-24-36-60(57)72(87)84-75(63)90/h13-42H,43-45H2,1-12H3. The Balaban J connectivity index is 0.958. The summed E-state index contributed by atoms with van der Waals surface area (Å²) in [5.74, 6) is 0. The first-order chi connectivity index (χ1) is 42.8. The highest BCUT2D eigenvalue weighted by Crippen LogP contribution is 2.56. The van der Waals surface area contributed by atoms with E-state index in [1.54, 1.807) is 0 Å². The van der Waals surface area contributed by atoms with E-state index in [1.807, 2.05) is 91.4 Å². The molecule has 0 fully saturated rings. The second-order valence-corrected chi connectivity index (χ2v) is 30.0. The van der Waals surface area contributed by atoms with Gasteiger partial charge in [0.1, 0.15) is 16.9 Å². The van der Waals surface area contributed by atoms with Crippen LogP contribution < -0.4 is 16.7 Å². The summed E-state index contributed by atoms with van der Waals surface area (Å²) in [6.07, 6.45) is 8.92. The van der Waals surface area contributed by atoms with E-state index >= 15 is 14.4 Å². The number of fused-ring (bicyclic) bond motifs is 18. The molecule has 9 nitrogen and oxygen atoms in total. The zero-order valence-corrected chi connectivity index (χ0v) is 53.3. The van der Waals surface area contributed by atoms with Crippen LogP contribution in [0.5, 0.6) is 0 Å². The van der Waals surface area contributed by atoms with Gasteiger partial charge in [0.25, 0.3) is 16.7 Å². The Morgan fingerprint density at radius 1 is 0.278 bits per heavy atom. The van der Waals surface area contributed by atoms with Crippen LogP contribution in [0.4, 0.5) is 0 Å². The van der Waals surface area contributed by atoms with Crippen molar-refractivity contribution in [2.75, 3.05) is 0 Å². The molecule has 0 bridgehead atoms. The lowest BCUT2D eigenvalue weighted by molar-refractivity contribution is 0.398. The molecule has 0 saturated heterocycles. The Morgan fingerprint density at radius 2 is 0.500 bits per heavy atom. The van der Waals surface area contributed by atoms with Gasteiger partial charge in [0, 0.05) is 68.1 Å². The van der Waals surface area contributed by atoms with Crippen molar-refractivity contribution in [2.45, 2.75) is 135 Å². The highest BCUT2D eigenvalue weighted by atomic mass is 16.1. The molecule has 3 aliphatic carbocycles. The maximum Gasteiger partial charge on any atom is 0.281 e. The van der Waals surface area contributed by atoms with Crippen molar-refractivity contribution >= 4 is 49.3 Å². The summed E-state index contributed by atoms with van der Waals surface area (Å²) in [7, 11) is 0. The first kappa shape index (κ1) is 55.7. The van der Waals surface area contributed by atoms with Crippen LogP contribution in [-0.4, -0.2) is 28.2 Å². The monoisotopic (exact) mass is 1180 g/mol. The lowest BCUT2D eigenvalue weighted by Gasteiger charge is -2.24. The first-order valence-corrected chi connectivity index (χ1v) is 31.8. The summed E-state index contributed by atoms with van der Waals surface area (Å²) in [6.45, 7) is 27.8. The molecule has 6 heterocycles. The molecule has 0 unspecified atom stereocenters. The number of hydrogen-bond donors (Lipinski definition) is 0. The van der Waals surface area contributed by atoms with Gasteiger partial charge in [0.2, 0.25) is 0 Å². The van der Waals surface area contributed by atoms with E-state index < -0.39 is 0 Å². The number of rotatable bonds is 6. The topological polar surface area (TPSA) is 103 Å². The number of pyridine rings is 3. The van der Waals surface area contributed by atoms with E-state index in [0.29, 0.717) is 33.6 Å². The van der Waals surface area contributed by atoms with Crippen molar-refractivity contribution in [1.82, 2.24) is 28.2 Å². The van der Waals surface area contributed by atoms with E-state index in [2.05, 4.69) is 187 Å². The number of aromatic nitrogens is 6. The summed E-state index contributed by atoms with van der Waals surface area (Å²) in [5, 5.41) is 6.25. The average Bonchev–Trinajstić information content (AvgIpc) is 1.48. The Morgan fingerprint density at radius 3 is 0.756 bits per heavy atom. The maximum absolute atomic E-state index is 15.1. The van der Waals surface area contributed by atoms with Crippen molar-refractivity contribution in [2.24, 2.45) is 0 Å². The third-order valence-corrected chi connectivity index (χ3v) is 20.6. The quantitative estimate of drug-likeness (QED) is 0.154. The minimum absolute atomic E-state index is 0.135. The lowest BCUT2D eigenvalue weighted by atomic mass is 9.81. The van der Waals surface area contributed by atoms with Crippen LogP contribution in [0.15, 0.2) is 197 Å². The second-order valence-electron chi connectivity index (χ2n) is 30.0. The fourth-order valence-electron chi connectivity index (χ4n) is 18.3. The summed E-state index contributed by atoms with van der Waals surface area (Å²) in [5.41, 5.74) is 15.9. The zero-order chi connectivity index (χ0) is 62.5. The highest BCUT2D eigenvalue weighted by molar-refractivity contribution is 6.02. The molecule has 3 aliphatic rings. The van der Waals surface area contributed by atoms with E-state index in [4.69, 9.17) is 15.0 Å². The molecule has 0 radical (unpaired) electrons. The normalized spacial score (nSPS) is 17.2. The molecular formula is C81H72N6O3. The molecule has 0 saturated carbocycles. The lowest BCUT2D eigenvalue weighted by Crippen LogP contribution is -2.21. The van der Waals surface area contributed by atoms with Gasteiger partial charge in [0.05, 0.1) is 16.7 Å². The molecule has 0 spiro atoms. The Labute approximate surface area is 523 Å². The molecule has 16 rings (SSSR count). The third kappa shape index (κ3) is 7.99. The predicted octanol–water partition coefficient (Wildman–Crippen LogP) is 18.0. The molecule has 444 valence electrons. The van der Waals surface area contributed by atoms with Crippen LogP contribution in [-0.2, 0) is 32.5 Å². The molecule has 0 amide bonds. The van der Waals surface area contributed by atoms with Gasteiger partial charge in [-0.25, -0.2) is 0 Å². The molecule has 90 heavy (non-hydrogen) atoms. The fourth-order valence-corrected chi connectivity index (χ4v) is 18.3. The smallest absolute Gasteiger partial charge is 0.281 e. The summed E-state index contributed by atoms with van der Waals surface area (Å²) in [4.78, 5) is 60.4. The Hall–Kier alpha value is -9.60. The first-order valence-electron chi connectivity index (χ1n) is 31.8. The summed E-state index contributed by atoms with van der Waals surface area (Å²) < 4.78 is 6.63. The second kappa shape index (κ2) is 18.7. The molecule has 0 atom stereocenters. The van der Waals surface area contributed by atoms with Gasteiger partial charge in [-0.15, -0.1) is 0 Å². The van der Waals surface area contributed by atoms with Gasteiger partial charge in [-0.1, -0.05) is 229 Å². The average molecular weight is 1180 g/mol. The maximum atomic E-state index is 15.1. The number of benzene rings is 7. The molecule has 7 aromatic carbocycles. The molecular weight excluding hydrogens is 1100 g/mol. The van der Waals surface area contributed by atoms with Crippen LogP contribution in [0.1, 0.15) is 136 Å². The van der Waals surface area contributed by atoms with Gasteiger partial charge >= 0.3 is 0 Å². The van der Waals surface area contributed by atoms with Crippen LogP contribution in [0.25, 0.3) is 116 Å². The molecule has 0 N–H and O–H groups in total. The van der Waals surface area contributed by atoms with Crippen LogP contribution in [0.3, 0.4) is 0 Å². The van der Waals surface area contributed by atoms with E-state index in [9.17, 15) is 0 Å². The van der Waals surface area contributed by atoms with E-state index in [0.717, 1.165) is 102 Å². The molecule has 9 heteroatoms. The number of hydrogen-bond acceptors (Lipinski definition) is 6. The Bertz CT molecular complexity index is 5000. The van der Waals surface area contributed by atoms with Crippen LogP contribution in [0.2, 0.25) is 0 Å². The SMILES string of the molecule is CC1(C)CC(C)(C)c2c1c1ccccc1c1nc(=O)c(-c3ccccc3-c3cc(-c4ccccc4-c4cn5c6c(c7ccccc7c5nc4=O)C(C)(C)CC6(C)C)cc(-c4ccccc4-c4cn5c6c(c7ccccc7c5nc4=O)C(C)(C)CC6(C)C)c3)cn21. The zero-order valence-electron chi connectivity index (χ0n) is 53.3. The minimum Gasteiger partial charge on any atom is -0.303 e. The van der Waals surface area contributed by atoms with Gasteiger partial charge in [-0.3, -0.25) is 14.4 Å². The van der Waals surface area contributed by atoms with E-state index in [-0.39, 0.29) is 49.2 Å². The minimum atomic E-state index is -0.320. The van der Waals surface area contributed by atoms with Crippen LogP contribution in [0, 0.1) is 0 Å². The van der Waals surface area contributed by atoms with Gasteiger partial charge in [-0.05, 0) is 137 Å². The molecule has 0 aliphatic heterocycles.